The van der Waals surface area contributed by atoms with Gasteiger partial charge in [-0.25, -0.2) is 4.98 Å². The van der Waals surface area contributed by atoms with Crippen LogP contribution in [0.3, 0.4) is 0 Å². The maximum absolute atomic E-state index is 11.0. The van der Waals surface area contributed by atoms with Crippen molar-refractivity contribution in [2.45, 2.75) is 5.52 Å². The van der Waals surface area contributed by atoms with Gasteiger partial charge in [0.15, 0.2) is 0 Å². The predicted molar refractivity (Wildman–Crippen MR) is 63.4 cm³/mol. The van der Waals surface area contributed by atoms with Crippen molar-refractivity contribution in [3.63, 3.8) is 0 Å². The molecular weight excluding hydrogens is 338 g/mol. The highest BCUT2D eigenvalue weighted by Gasteiger charge is 2.43. The summed E-state index contributed by atoms with van der Waals surface area (Å²) in [5, 5.41) is 2.04. The predicted octanol–water partition coefficient (Wildman–Crippen LogP) is 0.895. The maximum Gasteiger partial charge on any atom is 0.360 e. The van der Waals surface area contributed by atoms with Crippen molar-refractivity contribution in [2.75, 3.05) is 5.32 Å². The Balaban J connectivity index is 3.09. The first-order chi connectivity index (χ1) is 7.62. The topological polar surface area (TPSA) is 140 Å². The minimum Gasteiger partial charge on any atom is -0.345 e. The molecule has 0 saturated heterocycles. The molecule has 0 aliphatic rings. The fourth-order valence-electron chi connectivity index (χ4n) is 0.978. The van der Waals surface area contributed by atoms with Gasteiger partial charge >= 0.3 is 15.2 Å². The van der Waals surface area contributed by atoms with Crippen molar-refractivity contribution in [2.24, 2.45) is 0 Å². The normalized spacial score (nSPS) is 12.8. The first-order valence-corrected chi connectivity index (χ1v) is 8.25. The number of halogens is 1. The molecule has 96 valence electrons. The lowest BCUT2D eigenvalue weighted by molar-refractivity contribution is 0.343. The van der Waals surface area contributed by atoms with Gasteiger partial charge in [-0.05, 0) is 28.1 Å². The Morgan fingerprint density at radius 3 is 2.18 bits per heavy atom. The summed E-state index contributed by atoms with van der Waals surface area (Å²) in [6.45, 7) is 0. The highest BCUT2D eigenvalue weighted by atomic mass is 79.9. The lowest BCUT2D eigenvalue weighted by atomic mass is 10.5. The third kappa shape index (κ3) is 4.15. The van der Waals surface area contributed by atoms with E-state index in [9.17, 15) is 9.13 Å². The molecule has 0 atom stereocenters. The minimum atomic E-state index is -5.02. The van der Waals surface area contributed by atoms with Crippen LogP contribution in [0.25, 0.3) is 0 Å². The summed E-state index contributed by atoms with van der Waals surface area (Å²) in [4.78, 5) is 39.2. The second kappa shape index (κ2) is 5.16. The van der Waals surface area contributed by atoms with E-state index in [1.165, 1.54) is 12.3 Å². The third-order valence-electron chi connectivity index (χ3n) is 1.66. The molecule has 8 nitrogen and oxygen atoms in total. The summed E-state index contributed by atoms with van der Waals surface area (Å²) in [5.74, 6) is -0.0656. The van der Waals surface area contributed by atoms with Crippen LogP contribution in [0, 0.1) is 0 Å². The highest BCUT2D eigenvalue weighted by Crippen LogP contribution is 2.59. The van der Waals surface area contributed by atoms with Gasteiger partial charge in [-0.3, -0.25) is 9.13 Å². The molecule has 0 fully saturated rings. The van der Waals surface area contributed by atoms with Crippen LogP contribution in [-0.4, -0.2) is 30.1 Å². The van der Waals surface area contributed by atoms with Crippen LogP contribution >= 0.6 is 31.1 Å². The Kier molecular flexibility index (Phi) is 4.49. The van der Waals surface area contributed by atoms with E-state index in [4.69, 9.17) is 19.6 Å². The van der Waals surface area contributed by atoms with Crippen molar-refractivity contribution in [3.8, 4) is 0 Å². The Morgan fingerprint density at radius 2 is 1.76 bits per heavy atom. The fourth-order valence-corrected chi connectivity index (χ4v) is 3.50. The monoisotopic (exact) mass is 346 g/mol. The summed E-state index contributed by atoms with van der Waals surface area (Å²) in [6, 6.07) is 3.05. The number of rotatable bonds is 4. The van der Waals surface area contributed by atoms with Crippen molar-refractivity contribution in [3.05, 3.63) is 22.8 Å². The van der Waals surface area contributed by atoms with Gasteiger partial charge in [-0.15, -0.1) is 0 Å². The van der Waals surface area contributed by atoms with E-state index in [2.05, 4.69) is 20.9 Å². The molecule has 0 aliphatic carbocycles. The molecule has 11 heteroatoms. The van der Waals surface area contributed by atoms with Crippen molar-refractivity contribution in [1.82, 2.24) is 4.98 Å². The van der Waals surface area contributed by atoms with E-state index in [-0.39, 0.29) is 5.82 Å². The summed E-state index contributed by atoms with van der Waals surface area (Å²) >= 11 is 3.03. The lowest BCUT2D eigenvalue weighted by Gasteiger charge is -2.21. The van der Waals surface area contributed by atoms with E-state index in [0.29, 0.717) is 4.47 Å². The van der Waals surface area contributed by atoms with Gasteiger partial charge < -0.3 is 24.9 Å². The average molecular weight is 347 g/mol. The van der Waals surface area contributed by atoms with Crippen LogP contribution in [0.5, 0.6) is 0 Å². The van der Waals surface area contributed by atoms with Crippen LogP contribution in [0.15, 0.2) is 22.8 Å². The molecule has 1 rings (SSSR count). The molecule has 0 spiro atoms. The SMILES string of the molecule is O=P(O)(O)C(Nc1ncccc1Br)P(=O)(O)O. The number of nitrogens with zero attached hydrogens (tertiary/aromatic N) is 1. The quantitative estimate of drug-likeness (QED) is 0.506. The number of hydrogen-bond acceptors (Lipinski definition) is 4. The Labute approximate surface area is 105 Å². The number of pyridine rings is 1. The molecule has 0 bridgehead atoms. The molecule has 0 saturated carbocycles. The smallest absolute Gasteiger partial charge is 0.345 e. The van der Waals surface area contributed by atoms with Crippen LogP contribution in [-0.2, 0) is 9.13 Å². The zero-order valence-electron chi connectivity index (χ0n) is 8.13. The Morgan fingerprint density at radius 1 is 1.24 bits per heavy atom. The summed E-state index contributed by atoms with van der Waals surface area (Å²) in [7, 11) is -10.0. The van der Waals surface area contributed by atoms with E-state index in [1.807, 2.05) is 5.32 Å². The number of anilines is 1. The molecule has 5 N–H and O–H groups in total. The van der Waals surface area contributed by atoms with Crippen LogP contribution in [0.1, 0.15) is 0 Å². The summed E-state index contributed by atoms with van der Waals surface area (Å²) < 4.78 is 22.3. The molecule has 0 amide bonds. The van der Waals surface area contributed by atoms with Crippen molar-refractivity contribution >= 4 is 36.9 Å². The van der Waals surface area contributed by atoms with Gasteiger partial charge in [-0.2, -0.15) is 0 Å². The minimum absolute atomic E-state index is 0.0656. The van der Waals surface area contributed by atoms with Crippen LogP contribution < -0.4 is 5.32 Å². The van der Waals surface area contributed by atoms with Gasteiger partial charge in [0.05, 0.1) is 4.47 Å². The van der Waals surface area contributed by atoms with Crippen molar-refractivity contribution < 1.29 is 28.7 Å². The Hall–Kier alpha value is -0.270. The van der Waals surface area contributed by atoms with E-state index in [0.717, 1.165) is 0 Å². The number of hydrogen-bond donors (Lipinski definition) is 5. The summed E-state index contributed by atoms with van der Waals surface area (Å²) in [5.41, 5.74) is -2.32. The standard InChI is InChI=1S/C6H9BrN2O6P2/c7-4-2-1-3-8-5(4)9-6(16(10,11)12)17(13,14)15/h1-3,6H,(H,8,9)(H2,10,11,12)(H2,13,14,15). The van der Waals surface area contributed by atoms with Gasteiger partial charge in [0.1, 0.15) is 5.82 Å². The van der Waals surface area contributed by atoms with Gasteiger partial charge in [0.2, 0.25) is 5.52 Å². The lowest BCUT2D eigenvalue weighted by Crippen LogP contribution is -2.20. The third-order valence-corrected chi connectivity index (χ3v) is 5.64. The molecule has 1 aromatic heterocycles. The van der Waals surface area contributed by atoms with Gasteiger partial charge in [0, 0.05) is 6.20 Å². The molecule has 0 radical (unpaired) electrons. The molecular formula is C6H9BrN2O6P2. The van der Waals surface area contributed by atoms with E-state index in [1.54, 1.807) is 6.07 Å². The molecule has 0 unspecified atom stereocenters. The maximum atomic E-state index is 11.0. The molecule has 0 aliphatic heterocycles. The Bertz CT molecular complexity index is 477. The molecule has 1 aromatic rings. The largest absolute Gasteiger partial charge is 0.360 e. The number of nitrogens with one attached hydrogen (secondary N) is 1. The van der Waals surface area contributed by atoms with Crippen LogP contribution in [0.4, 0.5) is 5.82 Å². The van der Waals surface area contributed by atoms with E-state index < -0.39 is 20.7 Å². The van der Waals surface area contributed by atoms with Gasteiger partial charge in [0.25, 0.3) is 0 Å². The second-order valence-corrected chi connectivity index (χ2v) is 7.68. The van der Waals surface area contributed by atoms with Gasteiger partial charge in [-0.1, -0.05) is 0 Å². The number of aromatic nitrogens is 1. The van der Waals surface area contributed by atoms with E-state index >= 15 is 0 Å². The highest BCUT2D eigenvalue weighted by molar-refractivity contribution is 9.10. The first kappa shape index (κ1) is 14.8. The molecule has 17 heavy (non-hydrogen) atoms. The zero-order valence-corrected chi connectivity index (χ0v) is 11.5. The van der Waals surface area contributed by atoms with Crippen molar-refractivity contribution in [1.29, 1.82) is 0 Å². The first-order valence-electron chi connectivity index (χ1n) is 4.10. The average Bonchev–Trinajstić information content (AvgIpc) is 2.12. The molecule has 1 heterocycles. The van der Waals surface area contributed by atoms with Crippen LogP contribution in [0.2, 0.25) is 0 Å². The fraction of sp³-hybridized carbons (Fsp3) is 0.167. The second-order valence-electron chi connectivity index (χ2n) is 3.03. The summed E-state index contributed by atoms with van der Waals surface area (Å²) in [6.07, 6.45) is 1.31. The molecule has 0 aromatic carbocycles. The zero-order chi connectivity index (χ0) is 13.3.